The average Bonchev–Trinajstić information content (AvgIpc) is 3.55. The van der Waals surface area contributed by atoms with Crippen molar-refractivity contribution in [3.63, 3.8) is 0 Å². The third-order valence-electron chi connectivity index (χ3n) is 4.20. The minimum atomic E-state index is -0.733. The van der Waals surface area contributed by atoms with E-state index in [0.717, 1.165) is 15.7 Å². The Morgan fingerprint density at radius 3 is 2.52 bits per heavy atom. The number of benzene rings is 1. The van der Waals surface area contributed by atoms with Crippen LogP contribution in [0.1, 0.15) is 20.1 Å². The molecular weight excluding hydrogens is 469 g/mol. The lowest BCUT2D eigenvalue weighted by atomic mass is 10.1. The molecule has 2 N–H and O–H groups in total. The van der Waals surface area contributed by atoms with Crippen molar-refractivity contribution in [2.75, 3.05) is 5.32 Å². The first-order valence-corrected chi connectivity index (χ1v) is 12.9. The Morgan fingerprint density at radius 1 is 0.968 bits per heavy atom. The minimum Gasteiger partial charge on any atom is -0.339 e. The maximum absolute atomic E-state index is 13.0. The predicted octanol–water partition coefficient (Wildman–Crippen LogP) is 4.93. The van der Waals surface area contributed by atoms with Crippen LogP contribution in [0.25, 0.3) is 0 Å². The third kappa shape index (κ3) is 6.23. The fourth-order valence-corrected chi connectivity index (χ4v) is 5.89. The van der Waals surface area contributed by atoms with E-state index < -0.39 is 6.04 Å². The number of thiophene rings is 2. The van der Waals surface area contributed by atoms with Gasteiger partial charge < -0.3 is 5.32 Å². The molecular formula is C21H18N4O2S4. The highest BCUT2D eigenvalue weighted by atomic mass is 32.2. The van der Waals surface area contributed by atoms with Crippen LogP contribution in [0.5, 0.6) is 0 Å². The number of nitrogens with zero attached hydrogens (tertiary/aromatic N) is 2. The van der Waals surface area contributed by atoms with Crippen LogP contribution in [0, 0.1) is 0 Å². The lowest BCUT2D eigenvalue weighted by molar-refractivity contribution is -0.118. The number of anilines is 1. The molecule has 31 heavy (non-hydrogen) atoms. The lowest BCUT2D eigenvalue weighted by Crippen LogP contribution is -2.45. The van der Waals surface area contributed by atoms with E-state index >= 15 is 0 Å². The summed E-state index contributed by atoms with van der Waals surface area (Å²) in [5.41, 5.74) is 0.957. The SMILES string of the molecule is O=C(NC(Cc1ccccc1)C(=O)Nc1nnc(SCc2cccs2)s1)c1cccs1. The van der Waals surface area contributed by atoms with Crippen molar-refractivity contribution in [2.24, 2.45) is 0 Å². The maximum atomic E-state index is 13.0. The first-order chi connectivity index (χ1) is 15.2. The Bertz CT molecular complexity index is 1110. The minimum absolute atomic E-state index is 0.268. The van der Waals surface area contributed by atoms with Crippen LogP contribution in [0.3, 0.4) is 0 Å². The molecule has 10 heteroatoms. The first kappa shape index (κ1) is 21.7. The number of carbonyl (C=O) groups excluding carboxylic acids is 2. The van der Waals surface area contributed by atoms with E-state index in [4.69, 9.17) is 0 Å². The summed E-state index contributed by atoms with van der Waals surface area (Å²) < 4.78 is 0.783. The van der Waals surface area contributed by atoms with Crippen molar-refractivity contribution in [2.45, 2.75) is 22.6 Å². The molecule has 0 radical (unpaired) electrons. The molecule has 0 fully saturated rings. The van der Waals surface area contributed by atoms with Gasteiger partial charge in [-0.2, -0.15) is 0 Å². The average molecular weight is 487 g/mol. The van der Waals surface area contributed by atoms with Gasteiger partial charge in [-0.25, -0.2) is 0 Å². The number of rotatable bonds is 9. The zero-order chi connectivity index (χ0) is 21.5. The quantitative estimate of drug-likeness (QED) is 0.259. The number of hydrogen-bond donors (Lipinski definition) is 2. The van der Waals surface area contributed by atoms with E-state index in [9.17, 15) is 9.59 Å². The van der Waals surface area contributed by atoms with Gasteiger partial charge in [0, 0.05) is 17.1 Å². The molecule has 1 atom stereocenters. The molecule has 3 aromatic heterocycles. The molecule has 1 unspecified atom stereocenters. The fourth-order valence-electron chi connectivity index (χ4n) is 2.73. The van der Waals surface area contributed by atoms with Gasteiger partial charge in [0.05, 0.1) is 4.88 Å². The molecule has 3 heterocycles. The van der Waals surface area contributed by atoms with Gasteiger partial charge in [-0.05, 0) is 28.5 Å². The van der Waals surface area contributed by atoms with Gasteiger partial charge in [0.2, 0.25) is 11.0 Å². The molecule has 0 saturated carbocycles. The molecule has 6 nitrogen and oxygen atoms in total. The summed E-state index contributed by atoms with van der Waals surface area (Å²) in [6, 6.07) is 16.5. The predicted molar refractivity (Wildman–Crippen MR) is 128 cm³/mol. The van der Waals surface area contributed by atoms with Gasteiger partial charge in [0.25, 0.3) is 5.91 Å². The van der Waals surface area contributed by atoms with Gasteiger partial charge in [-0.1, -0.05) is 65.6 Å². The molecule has 2 amide bonds. The Kier molecular flexibility index (Phi) is 7.47. The number of carbonyl (C=O) groups is 2. The lowest BCUT2D eigenvalue weighted by Gasteiger charge is -2.17. The summed E-state index contributed by atoms with van der Waals surface area (Å²) in [6.45, 7) is 0. The van der Waals surface area contributed by atoms with Crippen molar-refractivity contribution in [1.29, 1.82) is 0 Å². The highest BCUT2D eigenvalue weighted by Gasteiger charge is 2.23. The maximum Gasteiger partial charge on any atom is 0.262 e. The van der Waals surface area contributed by atoms with Crippen LogP contribution >= 0.6 is 45.8 Å². The number of nitrogens with one attached hydrogen (secondary N) is 2. The van der Waals surface area contributed by atoms with Gasteiger partial charge in [0.15, 0.2) is 4.34 Å². The van der Waals surface area contributed by atoms with E-state index in [1.165, 1.54) is 27.6 Å². The first-order valence-electron chi connectivity index (χ1n) is 9.35. The van der Waals surface area contributed by atoms with Crippen LogP contribution in [-0.2, 0) is 17.0 Å². The molecule has 0 aliphatic carbocycles. The second-order valence-corrected chi connectivity index (χ2v) is 10.6. The van der Waals surface area contributed by atoms with Gasteiger partial charge in [-0.3, -0.25) is 14.9 Å². The van der Waals surface area contributed by atoms with E-state index in [1.54, 1.807) is 29.2 Å². The zero-order valence-electron chi connectivity index (χ0n) is 16.2. The van der Waals surface area contributed by atoms with Crippen molar-refractivity contribution < 1.29 is 9.59 Å². The molecule has 158 valence electrons. The summed E-state index contributed by atoms with van der Waals surface area (Å²) in [7, 11) is 0. The van der Waals surface area contributed by atoms with E-state index in [0.29, 0.717) is 16.4 Å². The molecule has 0 bridgehead atoms. The van der Waals surface area contributed by atoms with E-state index in [2.05, 4.69) is 26.9 Å². The van der Waals surface area contributed by atoms with Crippen molar-refractivity contribution in [3.8, 4) is 0 Å². The molecule has 4 rings (SSSR count). The van der Waals surface area contributed by atoms with Gasteiger partial charge in [-0.15, -0.1) is 32.9 Å². The van der Waals surface area contributed by atoms with Crippen LogP contribution in [0.4, 0.5) is 5.13 Å². The molecule has 1 aromatic carbocycles. The highest BCUT2D eigenvalue weighted by Crippen LogP contribution is 2.29. The largest absolute Gasteiger partial charge is 0.339 e. The summed E-state index contributed by atoms with van der Waals surface area (Å²) in [5, 5.41) is 18.2. The summed E-state index contributed by atoms with van der Waals surface area (Å²) >= 11 is 5.94. The standard InChI is InChI=1S/C21H18N4O2S4/c26-18(23-20-24-25-21(31-20)30-13-15-8-4-10-28-15)16(12-14-6-2-1-3-7-14)22-19(27)17-9-5-11-29-17/h1-11,16H,12-13H2,(H,22,27)(H,23,24,26). The summed E-state index contributed by atoms with van der Waals surface area (Å²) in [4.78, 5) is 27.4. The number of hydrogen-bond acceptors (Lipinski definition) is 8. The van der Waals surface area contributed by atoms with Crippen molar-refractivity contribution in [3.05, 3.63) is 80.7 Å². The molecule has 0 saturated heterocycles. The van der Waals surface area contributed by atoms with E-state index in [-0.39, 0.29) is 11.8 Å². The van der Waals surface area contributed by atoms with Gasteiger partial charge in [0.1, 0.15) is 6.04 Å². The smallest absolute Gasteiger partial charge is 0.262 e. The summed E-state index contributed by atoms with van der Waals surface area (Å²) in [6.07, 6.45) is 0.378. The van der Waals surface area contributed by atoms with Gasteiger partial charge >= 0.3 is 0 Å². The van der Waals surface area contributed by atoms with Crippen molar-refractivity contribution >= 4 is 62.7 Å². The van der Waals surface area contributed by atoms with E-state index in [1.807, 2.05) is 53.2 Å². The normalized spacial score (nSPS) is 11.7. The third-order valence-corrected chi connectivity index (χ3v) is 8.15. The molecule has 0 spiro atoms. The van der Waals surface area contributed by atoms with Crippen LogP contribution < -0.4 is 10.6 Å². The second kappa shape index (κ2) is 10.7. The molecule has 4 aromatic rings. The molecule has 0 aliphatic rings. The highest BCUT2D eigenvalue weighted by molar-refractivity contribution is 8.00. The number of thioether (sulfide) groups is 1. The van der Waals surface area contributed by atoms with Crippen LogP contribution in [-0.4, -0.2) is 28.1 Å². The van der Waals surface area contributed by atoms with Crippen LogP contribution in [0.15, 0.2) is 69.7 Å². The number of aromatic nitrogens is 2. The summed E-state index contributed by atoms with van der Waals surface area (Å²) in [5.74, 6) is 0.226. The zero-order valence-corrected chi connectivity index (χ0v) is 19.5. The van der Waals surface area contributed by atoms with Crippen LogP contribution in [0.2, 0.25) is 0 Å². The topological polar surface area (TPSA) is 84.0 Å². The number of amides is 2. The Labute approximate surface area is 195 Å². The fraction of sp³-hybridized carbons (Fsp3) is 0.143. The Balaban J connectivity index is 1.41. The second-order valence-electron chi connectivity index (χ2n) is 6.42. The monoisotopic (exact) mass is 486 g/mol. The van der Waals surface area contributed by atoms with Crippen molar-refractivity contribution in [1.82, 2.24) is 15.5 Å². The Morgan fingerprint density at radius 2 is 1.77 bits per heavy atom. The Hall–Kier alpha value is -2.53. The molecule has 0 aliphatic heterocycles.